The molecule has 2 aromatic carbocycles. The van der Waals surface area contributed by atoms with Gasteiger partial charge in [-0.3, -0.25) is 0 Å². The van der Waals surface area contributed by atoms with E-state index in [1.54, 1.807) is 17.7 Å². The van der Waals surface area contributed by atoms with Crippen LogP contribution in [0.5, 0.6) is 0 Å². The highest BCUT2D eigenvalue weighted by Crippen LogP contribution is 2.37. The summed E-state index contributed by atoms with van der Waals surface area (Å²) in [6, 6.07) is 17.2. The van der Waals surface area contributed by atoms with E-state index in [0.717, 1.165) is 11.8 Å². The van der Waals surface area contributed by atoms with Crippen LogP contribution in [0.4, 0.5) is 0 Å². The highest BCUT2D eigenvalue weighted by Gasteiger charge is 2.21. The van der Waals surface area contributed by atoms with Crippen molar-refractivity contribution in [2.45, 2.75) is 51.4 Å². The number of aromatic carboxylic acids is 1. The zero-order valence-electron chi connectivity index (χ0n) is 15.5. The Balaban J connectivity index is 0.000000197. The van der Waals surface area contributed by atoms with Gasteiger partial charge >= 0.3 is 5.97 Å². The SMILES string of the molecule is C#Cc1ccc(C(=O)O)cc1.CCCC1CCC(c2ccccc2)CC1. The summed E-state index contributed by atoms with van der Waals surface area (Å²) in [5, 5.41) is 8.50. The van der Waals surface area contributed by atoms with E-state index in [-0.39, 0.29) is 5.56 Å². The van der Waals surface area contributed by atoms with Crippen LogP contribution in [0.2, 0.25) is 0 Å². The number of hydrogen-bond donors (Lipinski definition) is 1. The van der Waals surface area contributed by atoms with Crippen LogP contribution >= 0.6 is 0 Å². The number of terminal acetylenes is 1. The molecule has 0 aromatic heterocycles. The van der Waals surface area contributed by atoms with Crippen molar-refractivity contribution in [2.24, 2.45) is 5.92 Å². The molecule has 2 aromatic rings. The number of rotatable bonds is 4. The maximum absolute atomic E-state index is 10.3. The van der Waals surface area contributed by atoms with E-state index < -0.39 is 5.97 Å². The lowest BCUT2D eigenvalue weighted by molar-refractivity contribution is 0.0697. The molecule has 26 heavy (non-hydrogen) atoms. The van der Waals surface area contributed by atoms with Crippen molar-refractivity contribution in [1.82, 2.24) is 0 Å². The quantitative estimate of drug-likeness (QED) is 0.675. The van der Waals surface area contributed by atoms with E-state index in [9.17, 15) is 4.79 Å². The van der Waals surface area contributed by atoms with Gasteiger partial charge in [0, 0.05) is 5.56 Å². The number of carboxylic acid groups (broad SMARTS) is 1. The predicted molar refractivity (Wildman–Crippen MR) is 107 cm³/mol. The summed E-state index contributed by atoms with van der Waals surface area (Å²) in [4.78, 5) is 10.3. The Labute approximate surface area is 157 Å². The smallest absolute Gasteiger partial charge is 0.335 e. The van der Waals surface area contributed by atoms with Crippen LogP contribution < -0.4 is 0 Å². The Morgan fingerprint density at radius 3 is 2.15 bits per heavy atom. The fraction of sp³-hybridized carbons (Fsp3) is 0.375. The number of benzene rings is 2. The molecule has 1 aliphatic rings. The average Bonchev–Trinajstić information content (AvgIpc) is 2.70. The van der Waals surface area contributed by atoms with Gasteiger partial charge < -0.3 is 5.11 Å². The van der Waals surface area contributed by atoms with Crippen molar-refractivity contribution >= 4 is 5.97 Å². The van der Waals surface area contributed by atoms with Crippen molar-refractivity contribution < 1.29 is 9.90 Å². The highest BCUT2D eigenvalue weighted by molar-refractivity contribution is 5.87. The third-order valence-corrected chi connectivity index (χ3v) is 5.11. The highest BCUT2D eigenvalue weighted by atomic mass is 16.4. The minimum atomic E-state index is -0.937. The van der Waals surface area contributed by atoms with Crippen LogP contribution in [0.3, 0.4) is 0 Å². The first-order valence-corrected chi connectivity index (χ1v) is 9.49. The van der Waals surface area contributed by atoms with Crippen LogP contribution in [0, 0.1) is 18.3 Å². The molecule has 0 aliphatic heterocycles. The molecule has 2 nitrogen and oxygen atoms in total. The third-order valence-electron chi connectivity index (χ3n) is 5.11. The van der Waals surface area contributed by atoms with Gasteiger partial charge in [-0.1, -0.05) is 56.0 Å². The molecular weight excluding hydrogens is 320 g/mol. The second kappa shape index (κ2) is 10.5. The molecule has 0 saturated heterocycles. The largest absolute Gasteiger partial charge is 0.478 e. The van der Waals surface area contributed by atoms with Gasteiger partial charge in [-0.2, -0.15) is 0 Å². The number of carbonyl (C=O) groups is 1. The third kappa shape index (κ3) is 6.08. The first kappa shape index (κ1) is 19.8. The van der Waals surface area contributed by atoms with Gasteiger partial charge in [0.15, 0.2) is 0 Å². The van der Waals surface area contributed by atoms with Gasteiger partial charge in [0.25, 0.3) is 0 Å². The summed E-state index contributed by atoms with van der Waals surface area (Å²) in [6.07, 6.45) is 13.6. The van der Waals surface area contributed by atoms with E-state index in [4.69, 9.17) is 11.5 Å². The lowest BCUT2D eigenvalue weighted by atomic mass is 9.77. The van der Waals surface area contributed by atoms with Crippen LogP contribution in [0.1, 0.15) is 72.9 Å². The van der Waals surface area contributed by atoms with E-state index in [1.807, 2.05) is 0 Å². The second-order valence-electron chi connectivity index (χ2n) is 6.94. The fourth-order valence-corrected chi connectivity index (χ4v) is 3.63. The summed E-state index contributed by atoms with van der Waals surface area (Å²) in [6.45, 7) is 2.31. The molecule has 1 fully saturated rings. The first-order valence-electron chi connectivity index (χ1n) is 9.49. The molecule has 0 amide bonds. The lowest BCUT2D eigenvalue weighted by Crippen LogP contribution is -2.13. The molecule has 1 saturated carbocycles. The molecule has 0 radical (unpaired) electrons. The molecule has 0 heterocycles. The topological polar surface area (TPSA) is 37.3 Å². The maximum atomic E-state index is 10.3. The monoisotopic (exact) mass is 348 g/mol. The van der Waals surface area contributed by atoms with E-state index in [1.165, 1.54) is 50.7 Å². The molecular formula is C24H28O2. The summed E-state index contributed by atoms with van der Waals surface area (Å²) in [5.41, 5.74) is 2.51. The minimum absolute atomic E-state index is 0.254. The molecule has 1 N–H and O–H groups in total. The standard InChI is InChI=1S/C15H22.C9H6O2/c1-2-6-13-9-11-15(12-10-13)14-7-4-3-5-8-14;1-2-7-3-5-8(6-4-7)9(10)11/h3-5,7-8,13,15H,2,6,9-12H2,1H3;1,3-6H,(H,10,11). The van der Waals surface area contributed by atoms with Crippen LogP contribution in [-0.2, 0) is 0 Å². The molecule has 1 aliphatic carbocycles. The molecule has 0 atom stereocenters. The summed E-state index contributed by atoms with van der Waals surface area (Å²) >= 11 is 0. The van der Waals surface area contributed by atoms with Crippen molar-refractivity contribution in [3.05, 3.63) is 71.3 Å². The van der Waals surface area contributed by atoms with Gasteiger partial charge in [-0.25, -0.2) is 4.79 Å². The van der Waals surface area contributed by atoms with E-state index >= 15 is 0 Å². The zero-order chi connectivity index (χ0) is 18.8. The van der Waals surface area contributed by atoms with Gasteiger partial charge in [0.1, 0.15) is 0 Å². The Kier molecular flexibility index (Phi) is 7.96. The van der Waals surface area contributed by atoms with Gasteiger partial charge in [0.05, 0.1) is 5.56 Å². The molecule has 3 rings (SSSR count). The maximum Gasteiger partial charge on any atom is 0.335 e. The van der Waals surface area contributed by atoms with E-state index in [2.05, 4.69) is 43.2 Å². The molecule has 136 valence electrons. The van der Waals surface area contributed by atoms with Gasteiger partial charge in [-0.15, -0.1) is 6.42 Å². The van der Waals surface area contributed by atoms with Crippen LogP contribution in [0.15, 0.2) is 54.6 Å². The summed E-state index contributed by atoms with van der Waals surface area (Å²) in [5.74, 6) is 3.33. The summed E-state index contributed by atoms with van der Waals surface area (Å²) in [7, 11) is 0. The second-order valence-corrected chi connectivity index (χ2v) is 6.94. The molecule has 0 bridgehead atoms. The number of hydrogen-bond acceptors (Lipinski definition) is 1. The zero-order valence-corrected chi connectivity index (χ0v) is 15.5. The van der Waals surface area contributed by atoms with Crippen molar-refractivity contribution in [2.75, 3.05) is 0 Å². The average molecular weight is 348 g/mol. The van der Waals surface area contributed by atoms with Crippen molar-refractivity contribution in [3.8, 4) is 12.3 Å². The Hall–Kier alpha value is -2.53. The van der Waals surface area contributed by atoms with Crippen molar-refractivity contribution in [1.29, 1.82) is 0 Å². The molecule has 0 unspecified atom stereocenters. The first-order chi connectivity index (χ1) is 12.6. The van der Waals surface area contributed by atoms with Gasteiger partial charge in [-0.05, 0) is 67.3 Å². The van der Waals surface area contributed by atoms with Crippen molar-refractivity contribution in [3.63, 3.8) is 0 Å². The van der Waals surface area contributed by atoms with E-state index in [0.29, 0.717) is 5.56 Å². The summed E-state index contributed by atoms with van der Waals surface area (Å²) < 4.78 is 0. The fourth-order valence-electron chi connectivity index (χ4n) is 3.63. The van der Waals surface area contributed by atoms with Gasteiger partial charge in [0.2, 0.25) is 0 Å². The Bertz CT molecular complexity index is 702. The number of carboxylic acids is 1. The molecule has 0 spiro atoms. The Morgan fingerprint density at radius 1 is 1.04 bits per heavy atom. The minimum Gasteiger partial charge on any atom is -0.478 e. The Morgan fingerprint density at radius 2 is 1.65 bits per heavy atom. The molecule has 2 heteroatoms. The lowest BCUT2D eigenvalue weighted by Gasteiger charge is -2.28. The predicted octanol–water partition coefficient (Wildman–Crippen LogP) is 6.13. The normalized spacial score (nSPS) is 18.9. The van der Waals surface area contributed by atoms with Crippen LogP contribution in [-0.4, -0.2) is 11.1 Å². The van der Waals surface area contributed by atoms with Crippen LogP contribution in [0.25, 0.3) is 0 Å².